The summed E-state index contributed by atoms with van der Waals surface area (Å²) in [6.07, 6.45) is 9.77. The number of halogens is 1. The second-order valence-electron chi connectivity index (χ2n) is 5.72. The molecule has 0 radical (unpaired) electrons. The molecule has 0 aromatic carbocycles. The topological polar surface area (TPSA) is 55.1 Å². The fourth-order valence-corrected chi connectivity index (χ4v) is 2.60. The Morgan fingerprint density at radius 3 is 2.75 bits per heavy atom. The number of aromatic nitrogens is 4. The molecule has 128 valence electrons. The van der Waals surface area contributed by atoms with E-state index < -0.39 is 0 Å². The molecule has 0 fully saturated rings. The molecule has 0 saturated heterocycles. The highest BCUT2D eigenvalue weighted by Crippen LogP contribution is 2.13. The van der Waals surface area contributed by atoms with E-state index in [1.807, 2.05) is 41.0 Å². The average Bonchev–Trinajstić information content (AvgIpc) is 3.00. The third kappa shape index (κ3) is 4.68. The Labute approximate surface area is 148 Å². The number of hydrogen-bond acceptors (Lipinski definition) is 4. The molecular formula is C18H24ClN5. The van der Waals surface area contributed by atoms with Gasteiger partial charge in [-0.25, -0.2) is 9.50 Å². The quantitative estimate of drug-likeness (QED) is 0.619. The molecule has 1 N–H and O–H groups in total. The summed E-state index contributed by atoms with van der Waals surface area (Å²) < 4.78 is 1.95. The lowest BCUT2D eigenvalue weighted by molar-refractivity contribution is 0.652. The molecule has 3 heterocycles. The molecule has 3 aromatic rings. The van der Waals surface area contributed by atoms with Gasteiger partial charge in [0.25, 0.3) is 0 Å². The van der Waals surface area contributed by atoms with Crippen molar-refractivity contribution in [3.63, 3.8) is 0 Å². The molecule has 0 saturated carbocycles. The Morgan fingerprint density at radius 2 is 1.96 bits per heavy atom. The van der Waals surface area contributed by atoms with E-state index in [1.54, 1.807) is 6.20 Å². The van der Waals surface area contributed by atoms with Crippen LogP contribution in [0.5, 0.6) is 0 Å². The van der Waals surface area contributed by atoms with Gasteiger partial charge in [0.1, 0.15) is 5.82 Å². The predicted octanol–water partition coefficient (Wildman–Crippen LogP) is 4.28. The number of nitrogens with zero attached hydrogens (tertiary/aromatic N) is 4. The molecule has 0 amide bonds. The fourth-order valence-electron chi connectivity index (χ4n) is 2.60. The molecule has 0 unspecified atom stereocenters. The van der Waals surface area contributed by atoms with Gasteiger partial charge in [-0.05, 0) is 37.1 Å². The highest BCUT2D eigenvalue weighted by Gasteiger charge is 2.06. The minimum absolute atomic E-state index is 0. The van der Waals surface area contributed by atoms with Crippen LogP contribution in [0, 0.1) is 0 Å². The van der Waals surface area contributed by atoms with Gasteiger partial charge in [0.15, 0.2) is 5.65 Å². The van der Waals surface area contributed by atoms with Crippen LogP contribution in [0.2, 0.25) is 0 Å². The third-order valence-corrected chi connectivity index (χ3v) is 3.90. The minimum atomic E-state index is 0. The molecule has 0 spiro atoms. The van der Waals surface area contributed by atoms with Crippen molar-refractivity contribution in [2.24, 2.45) is 0 Å². The van der Waals surface area contributed by atoms with E-state index in [-0.39, 0.29) is 12.4 Å². The van der Waals surface area contributed by atoms with Gasteiger partial charge < -0.3 is 5.32 Å². The zero-order valence-corrected chi connectivity index (χ0v) is 14.8. The molecule has 0 aliphatic carbocycles. The first-order valence-electron chi connectivity index (χ1n) is 8.34. The van der Waals surface area contributed by atoms with Gasteiger partial charge in [-0.1, -0.05) is 32.3 Å². The van der Waals surface area contributed by atoms with Gasteiger partial charge >= 0.3 is 0 Å². The molecule has 0 aliphatic heterocycles. The van der Waals surface area contributed by atoms with Gasteiger partial charge in [0.05, 0.1) is 24.1 Å². The summed E-state index contributed by atoms with van der Waals surface area (Å²) in [6.45, 7) is 2.90. The predicted molar refractivity (Wildman–Crippen MR) is 99.6 cm³/mol. The van der Waals surface area contributed by atoms with E-state index in [0.717, 1.165) is 23.6 Å². The summed E-state index contributed by atoms with van der Waals surface area (Å²) in [5.41, 5.74) is 3.08. The van der Waals surface area contributed by atoms with Gasteiger partial charge in [0.2, 0.25) is 0 Å². The number of pyridine rings is 1. The minimum Gasteiger partial charge on any atom is -0.363 e. The van der Waals surface area contributed by atoms with Gasteiger partial charge in [0, 0.05) is 6.20 Å². The highest BCUT2D eigenvalue weighted by atomic mass is 35.5. The molecule has 0 atom stereocenters. The molecule has 3 rings (SSSR count). The van der Waals surface area contributed by atoms with Gasteiger partial charge in [-0.2, -0.15) is 0 Å². The number of nitrogens with one attached hydrogen (secondary N) is 1. The van der Waals surface area contributed by atoms with E-state index in [9.17, 15) is 0 Å². The summed E-state index contributed by atoms with van der Waals surface area (Å²) in [4.78, 5) is 8.75. The number of aryl methyl sites for hydroxylation is 1. The van der Waals surface area contributed by atoms with E-state index in [2.05, 4.69) is 27.3 Å². The zero-order valence-electron chi connectivity index (χ0n) is 14.0. The standard InChI is InChI=1S/C18H23N5.ClH/c1-2-3-4-5-9-16-14-21-18-11-10-17(22-23(16)18)20-13-15-8-6-7-12-19-15;/h6-8,10-12,14H,2-5,9,13H2,1H3,(H,20,22);1H. The summed E-state index contributed by atoms with van der Waals surface area (Å²) >= 11 is 0. The molecule has 0 aliphatic rings. The SMILES string of the molecule is CCCCCCc1cnc2ccc(NCc3ccccn3)nn12.Cl. The van der Waals surface area contributed by atoms with Crippen LogP contribution in [0.1, 0.15) is 44.0 Å². The van der Waals surface area contributed by atoms with Crippen LogP contribution in [0.25, 0.3) is 5.65 Å². The first-order chi connectivity index (χ1) is 11.4. The normalized spacial score (nSPS) is 10.5. The van der Waals surface area contributed by atoms with Crippen molar-refractivity contribution in [3.8, 4) is 0 Å². The van der Waals surface area contributed by atoms with Crippen LogP contribution in [0.15, 0.2) is 42.7 Å². The number of anilines is 1. The number of rotatable bonds is 8. The summed E-state index contributed by atoms with van der Waals surface area (Å²) in [5, 5.41) is 7.99. The van der Waals surface area contributed by atoms with Crippen LogP contribution >= 0.6 is 12.4 Å². The molecular weight excluding hydrogens is 322 g/mol. The summed E-state index contributed by atoms with van der Waals surface area (Å²) in [5.74, 6) is 0.843. The zero-order chi connectivity index (χ0) is 15.9. The van der Waals surface area contributed by atoms with Crippen LogP contribution in [0.4, 0.5) is 5.82 Å². The second kappa shape index (κ2) is 9.23. The van der Waals surface area contributed by atoms with Crippen molar-refractivity contribution in [1.29, 1.82) is 0 Å². The molecule has 24 heavy (non-hydrogen) atoms. The third-order valence-electron chi connectivity index (χ3n) is 3.90. The van der Waals surface area contributed by atoms with Crippen LogP contribution < -0.4 is 5.32 Å². The monoisotopic (exact) mass is 345 g/mol. The number of fused-ring (bicyclic) bond motifs is 1. The Kier molecular flexibility index (Phi) is 7.00. The number of imidazole rings is 1. The Morgan fingerprint density at radius 1 is 1.04 bits per heavy atom. The van der Waals surface area contributed by atoms with Crippen molar-refractivity contribution in [3.05, 3.63) is 54.1 Å². The van der Waals surface area contributed by atoms with Crippen LogP contribution in [-0.4, -0.2) is 19.6 Å². The first-order valence-corrected chi connectivity index (χ1v) is 8.34. The van der Waals surface area contributed by atoms with E-state index in [1.165, 1.54) is 31.4 Å². The lowest BCUT2D eigenvalue weighted by Gasteiger charge is -2.06. The van der Waals surface area contributed by atoms with E-state index in [4.69, 9.17) is 0 Å². The second-order valence-corrected chi connectivity index (χ2v) is 5.72. The van der Waals surface area contributed by atoms with Crippen molar-refractivity contribution >= 4 is 23.9 Å². The maximum atomic E-state index is 4.66. The van der Waals surface area contributed by atoms with Crippen LogP contribution in [-0.2, 0) is 13.0 Å². The Bertz CT molecular complexity index is 742. The smallest absolute Gasteiger partial charge is 0.153 e. The first kappa shape index (κ1) is 18.2. The molecule has 3 aromatic heterocycles. The van der Waals surface area contributed by atoms with Crippen molar-refractivity contribution in [1.82, 2.24) is 19.6 Å². The Balaban J connectivity index is 0.00000208. The average molecular weight is 346 g/mol. The lowest BCUT2D eigenvalue weighted by Crippen LogP contribution is -2.06. The maximum absolute atomic E-state index is 4.66. The number of unbranched alkanes of at least 4 members (excludes halogenated alkanes) is 3. The van der Waals surface area contributed by atoms with Crippen molar-refractivity contribution in [2.75, 3.05) is 5.32 Å². The van der Waals surface area contributed by atoms with Crippen molar-refractivity contribution in [2.45, 2.75) is 45.6 Å². The number of hydrogen-bond donors (Lipinski definition) is 1. The molecule has 6 heteroatoms. The van der Waals surface area contributed by atoms with E-state index in [0.29, 0.717) is 6.54 Å². The fraction of sp³-hybridized carbons (Fsp3) is 0.389. The Hall–Kier alpha value is -2.14. The summed E-state index contributed by atoms with van der Waals surface area (Å²) in [6, 6.07) is 9.88. The highest BCUT2D eigenvalue weighted by molar-refractivity contribution is 5.85. The van der Waals surface area contributed by atoms with Crippen molar-refractivity contribution < 1.29 is 0 Å². The molecule has 5 nitrogen and oxygen atoms in total. The summed E-state index contributed by atoms with van der Waals surface area (Å²) in [7, 11) is 0. The largest absolute Gasteiger partial charge is 0.363 e. The lowest BCUT2D eigenvalue weighted by atomic mass is 10.1. The molecule has 0 bridgehead atoms. The van der Waals surface area contributed by atoms with Gasteiger partial charge in [-0.15, -0.1) is 17.5 Å². The maximum Gasteiger partial charge on any atom is 0.153 e. The van der Waals surface area contributed by atoms with E-state index >= 15 is 0 Å². The van der Waals surface area contributed by atoms with Gasteiger partial charge in [-0.3, -0.25) is 4.98 Å². The van der Waals surface area contributed by atoms with Crippen LogP contribution in [0.3, 0.4) is 0 Å².